The van der Waals surface area contributed by atoms with E-state index in [2.05, 4.69) is 33.0 Å². The number of methoxy groups -OCH3 is 1. The van der Waals surface area contributed by atoms with Crippen molar-refractivity contribution < 1.29 is 52.3 Å². The first-order valence-corrected chi connectivity index (χ1v) is 26.4. The van der Waals surface area contributed by atoms with E-state index in [9.17, 15) is 14.7 Å². The Kier molecular flexibility index (Phi) is 13.2. The molecule has 2 N–H and O–H groups in total. The van der Waals surface area contributed by atoms with Gasteiger partial charge in [0.1, 0.15) is 29.5 Å². The normalized spacial score (nSPS) is 32.6. The average Bonchev–Trinajstić information content (AvgIpc) is 3.93. The van der Waals surface area contributed by atoms with Gasteiger partial charge in [0.05, 0.1) is 30.4 Å². The fourth-order valence-corrected chi connectivity index (χ4v) is 15.1. The minimum atomic E-state index is -2.60. The van der Waals surface area contributed by atoms with E-state index < -0.39 is 90.6 Å². The van der Waals surface area contributed by atoms with Gasteiger partial charge in [0.25, 0.3) is 5.91 Å². The summed E-state index contributed by atoms with van der Waals surface area (Å²) < 4.78 is 47.4. The molecule has 1 amide bonds. The second kappa shape index (κ2) is 18.0. The van der Waals surface area contributed by atoms with Crippen LogP contribution in [0.25, 0.3) is 0 Å². The van der Waals surface area contributed by atoms with Crippen molar-refractivity contribution in [1.82, 2.24) is 5.32 Å². The molecule has 3 aromatic carbocycles. The minimum Gasteiger partial charge on any atom is -0.456 e. The number of hydrogen-bond donors (Lipinski definition) is 2. The van der Waals surface area contributed by atoms with Crippen molar-refractivity contribution in [3.63, 3.8) is 0 Å². The van der Waals surface area contributed by atoms with E-state index in [0.29, 0.717) is 35.1 Å². The molecule has 0 radical (unpaired) electrons. The van der Waals surface area contributed by atoms with Crippen molar-refractivity contribution in [2.75, 3.05) is 13.7 Å². The zero-order chi connectivity index (χ0) is 47.5. The number of carbonyl (C=O) groups excluding carboxylic acids is 3. The van der Waals surface area contributed by atoms with E-state index in [1.165, 1.54) is 0 Å². The Labute approximate surface area is 391 Å². The number of hydrogen-bond acceptors (Lipinski definition) is 11. The molecule has 2 saturated heterocycles. The molecule has 0 spiro atoms. The molecule has 3 aromatic rings. The SMILES string of the molecule is CC[Si](CC)(CC)O[C@@H](C(=O)O[C@H]1C[C@@]2(O)[C@@H](OC(=O)c3ccccc3)[C@H]3[C@@](C)(CC[C@@H]4O[C@@]43COC)[C@H]3OC(C)(C)O[C@@H]3C(=C1C)C2(C)C)[C@@H](NC(=O)c1ccccc1)c1ccccc1. The smallest absolute Gasteiger partial charge is 0.338 e. The van der Waals surface area contributed by atoms with Gasteiger partial charge in [0.15, 0.2) is 20.2 Å². The monoisotopic (exact) mass is 923 g/mol. The van der Waals surface area contributed by atoms with Crippen LogP contribution in [-0.4, -0.2) is 98.6 Å². The van der Waals surface area contributed by atoms with E-state index in [0.717, 1.165) is 23.7 Å². The highest BCUT2D eigenvalue weighted by Gasteiger charge is 2.79. The van der Waals surface area contributed by atoms with Crippen LogP contribution < -0.4 is 5.32 Å². The second-order valence-electron chi connectivity index (χ2n) is 20.5. The van der Waals surface area contributed by atoms with Gasteiger partial charge in [0.2, 0.25) is 0 Å². The third-order valence-electron chi connectivity index (χ3n) is 16.2. The molecule has 8 rings (SSSR count). The van der Waals surface area contributed by atoms with Gasteiger partial charge in [0, 0.05) is 35.8 Å². The second-order valence-corrected chi connectivity index (χ2v) is 25.2. The molecule has 2 aliphatic heterocycles. The van der Waals surface area contributed by atoms with Gasteiger partial charge < -0.3 is 43.3 Å². The molecule has 5 aliphatic rings. The molecule has 3 aliphatic carbocycles. The van der Waals surface area contributed by atoms with Crippen LogP contribution in [0.5, 0.6) is 0 Å². The number of benzene rings is 3. The summed E-state index contributed by atoms with van der Waals surface area (Å²) in [5.74, 6) is -3.35. The Hall–Kier alpha value is -4.21. The highest BCUT2D eigenvalue weighted by Crippen LogP contribution is 2.69. The number of nitrogens with one attached hydrogen (secondary N) is 1. The third-order valence-corrected chi connectivity index (χ3v) is 20.8. The first-order chi connectivity index (χ1) is 31.3. The van der Waals surface area contributed by atoms with E-state index in [4.69, 9.17) is 32.8 Å². The van der Waals surface area contributed by atoms with Crippen molar-refractivity contribution in [2.45, 2.75) is 159 Å². The highest BCUT2D eigenvalue weighted by molar-refractivity contribution is 6.73. The van der Waals surface area contributed by atoms with Crippen molar-refractivity contribution in [3.8, 4) is 0 Å². The van der Waals surface area contributed by atoms with Gasteiger partial charge in [-0.2, -0.15) is 0 Å². The van der Waals surface area contributed by atoms with Gasteiger partial charge in [-0.15, -0.1) is 0 Å². The highest BCUT2D eigenvalue weighted by atomic mass is 28.4. The molecule has 356 valence electrons. The third kappa shape index (κ3) is 8.19. The number of esters is 2. The summed E-state index contributed by atoms with van der Waals surface area (Å²) in [6.07, 6.45) is -3.79. The van der Waals surface area contributed by atoms with E-state index in [1.807, 2.05) is 77.1 Å². The lowest BCUT2D eigenvalue weighted by atomic mass is 9.47. The topological polar surface area (TPSA) is 151 Å². The van der Waals surface area contributed by atoms with E-state index in [-0.39, 0.29) is 25.0 Å². The van der Waals surface area contributed by atoms with Gasteiger partial charge in [-0.1, -0.05) is 108 Å². The molecule has 0 aromatic heterocycles. The minimum absolute atomic E-state index is 0.132. The lowest BCUT2D eigenvalue weighted by molar-refractivity contribution is -0.234. The van der Waals surface area contributed by atoms with Gasteiger partial charge in [-0.25, -0.2) is 9.59 Å². The number of aliphatic hydroxyl groups is 1. The number of ether oxygens (including phenoxy) is 6. The van der Waals surface area contributed by atoms with Crippen molar-refractivity contribution in [1.29, 1.82) is 0 Å². The summed E-state index contributed by atoms with van der Waals surface area (Å²) in [5, 5.41) is 17.3. The molecular weight excluding hydrogens is 855 g/mol. The molecule has 2 heterocycles. The van der Waals surface area contributed by atoms with Crippen LogP contribution in [0.2, 0.25) is 18.1 Å². The van der Waals surface area contributed by atoms with Crippen LogP contribution in [0.1, 0.15) is 114 Å². The lowest BCUT2D eigenvalue weighted by Gasteiger charge is -2.62. The van der Waals surface area contributed by atoms with E-state index in [1.54, 1.807) is 55.6 Å². The summed E-state index contributed by atoms with van der Waals surface area (Å²) in [6, 6.07) is 28.3. The summed E-state index contributed by atoms with van der Waals surface area (Å²) in [4.78, 5) is 44.2. The molecule has 2 saturated carbocycles. The number of amides is 1. The Morgan fingerprint density at radius 3 is 2.00 bits per heavy atom. The molecule has 12 nitrogen and oxygen atoms in total. The summed E-state index contributed by atoms with van der Waals surface area (Å²) in [6.45, 7) is 18.2. The largest absolute Gasteiger partial charge is 0.456 e. The predicted molar refractivity (Wildman–Crippen MR) is 251 cm³/mol. The maximum Gasteiger partial charge on any atom is 0.338 e. The zero-order valence-electron chi connectivity index (χ0n) is 40.3. The van der Waals surface area contributed by atoms with Gasteiger partial charge >= 0.3 is 11.9 Å². The maximum absolute atomic E-state index is 15.5. The lowest BCUT2D eigenvalue weighted by Crippen LogP contribution is -2.72. The fourth-order valence-electron chi connectivity index (χ4n) is 12.3. The molecule has 11 atom stereocenters. The summed E-state index contributed by atoms with van der Waals surface area (Å²) in [7, 11) is -0.974. The molecule has 13 heteroatoms. The first kappa shape index (κ1) is 48.3. The Bertz CT molecular complexity index is 2280. The predicted octanol–water partition coefficient (Wildman–Crippen LogP) is 8.90. The number of fused-ring (bicyclic) bond motifs is 8. The molecule has 4 fully saturated rings. The van der Waals surface area contributed by atoms with Crippen LogP contribution in [0.15, 0.2) is 102 Å². The molecule has 0 unspecified atom stereocenters. The van der Waals surface area contributed by atoms with Crippen LogP contribution in [-0.2, 0) is 37.6 Å². The quantitative estimate of drug-likeness (QED) is 0.0651. The Balaban J connectivity index is 1.29. The Morgan fingerprint density at radius 1 is 0.818 bits per heavy atom. The molecular formula is C53H69NO11Si. The van der Waals surface area contributed by atoms with Gasteiger partial charge in [-0.3, -0.25) is 4.79 Å². The van der Waals surface area contributed by atoms with Crippen LogP contribution in [0.3, 0.4) is 0 Å². The molecule has 2 bridgehead atoms. The van der Waals surface area contributed by atoms with Crippen molar-refractivity contribution in [3.05, 3.63) is 119 Å². The average molecular weight is 924 g/mol. The summed E-state index contributed by atoms with van der Waals surface area (Å²) >= 11 is 0. The van der Waals surface area contributed by atoms with Crippen LogP contribution in [0, 0.1) is 16.7 Å². The number of carbonyl (C=O) groups is 3. The maximum atomic E-state index is 15.5. The summed E-state index contributed by atoms with van der Waals surface area (Å²) in [5.41, 5.74) is -1.86. The van der Waals surface area contributed by atoms with Gasteiger partial charge in [-0.05, 0) is 92.7 Å². The van der Waals surface area contributed by atoms with Crippen LogP contribution >= 0.6 is 0 Å². The van der Waals surface area contributed by atoms with Crippen molar-refractivity contribution >= 4 is 26.2 Å². The zero-order valence-corrected chi connectivity index (χ0v) is 41.3. The van der Waals surface area contributed by atoms with Crippen molar-refractivity contribution in [2.24, 2.45) is 16.7 Å². The van der Waals surface area contributed by atoms with Crippen LogP contribution in [0.4, 0.5) is 0 Å². The number of rotatable bonds is 15. The standard InChI is InChI=1S/C53H69NO11Si/c1-11-66(12-2,13-3)65-42(40(34-23-17-14-18-24-34)54-46(55)35-25-19-15-20-26-35)48(57)60-37-31-53(58)45(61-47(56)36-27-21-16-22-28-36)43-51(9,30-29-38-52(43,62-38)32-59-10)44-41(63-50(7,8)64-44)39(33(37)4)49(53,5)6/h14-28,37-38,40-45,58H,11-13,29-32H2,1-10H3,(H,54,55)/t37-,38-,40-,41+,42+,43-,44-,45-,51+,52-,53+/m0/s1. The fraction of sp³-hybridized carbons (Fsp3) is 0.566. The van der Waals surface area contributed by atoms with E-state index >= 15 is 4.79 Å². The Morgan fingerprint density at radius 2 is 1.41 bits per heavy atom. The number of epoxide rings is 1. The first-order valence-electron chi connectivity index (χ1n) is 23.8. The molecule has 66 heavy (non-hydrogen) atoms.